The molecule has 2 rings (SSSR count). The van der Waals surface area contributed by atoms with Gasteiger partial charge in [-0.1, -0.05) is 12.1 Å². The van der Waals surface area contributed by atoms with E-state index < -0.39 is 10.1 Å². The third-order valence-corrected chi connectivity index (χ3v) is 3.18. The number of hydrogen-bond acceptors (Lipinski definition) is 8. The Hall–Kier alpha value is -1.91. The molecule has 0 atom stereocenters. The van der Waals surface area contributed by atoms with Crippen LogP contribution in [0.5, 0.6) is 0 Å². The van der Waals surface area contributed by atoms with Crippen LogP contribution in [0.3, 0.4) is 0 Å². The molecule has 0 saturated heterocycles. The Balaban J connectivity index is 0.000000254. The van der Waals surface area contributed by atoms with Crippen LogP contribution in [0.25, 0.3) is 0 Å². The number of rotatable bonds is 6. The van der Waals surface area contributed by atoms with Gasteiger partial charge in [0.25, 0.3) is 10.1 Å². The average molecular weight is 356 g/mol. The van der Waals surface area contributed by atoms with Gasteiger partial charge in [0, 0.05) is 0 Å². The molecule has 0 fully saturated rings. The first-order valence-corrected chi connectivity index (χ1v) is 8.76. The van der Waals surface area contributed by atoms with Gasteiger partial charge in [-0.25, -0.2) is 0 Å². The van der Waals surface area contributed by atoms with Crippen molar-refractivity contribution in [2.75, 3.05) is 6.26 Å². The zero-order valence-electron chi connectivity index (χ0n) is 13.2. The summed E-state index contributed by atoms with van der Waals surface area (Å²) in [4.78, 5) is 7.86. The Morgan fingerprint density at radius 3 is 1.58 bits per heavy atom. The van der Waals surface area contributed by atoms with Crippen LogP contribution in [0.4, 0.5) is 0 Å². The van der Waals surface area contributed by atoms with Crippen molar-refractivity contribution >= 4 is 10.1 Å². The van der Waals surface area contributed by atoms with Gasteiger partial charge < -0.3 is 15.3 Å². The van der Waals surface area contributed by atoms with Crippen LogP contribution in [0.15, 0.2) is 36.4 Å². The van der Waals surface area contributed by atoms with Gasteiger partial charge in [-0.3, -0.25) is 14.2 Å². The van der Waals surface area contributed by atoms with E-state index in [1.54, 1.807) is 36.4 Å². The predicted octanol–water partition coefficient (Wildman–Crippen LogP) is 0.116. The molecule has 2 aromatic heterocycles. The number of aliphatic hydroxyl groups excluding tert-OH is 3. The van der Waals surface area contributed by atoms with Gasteiger partial charge in [-0.15, -0.1) is 0 Å². The minimum atomic E-state index is -3.44. The van der Waals surface area contributed by atoms with Crippen LogP contribution < -0.4 is 0 Å². The fourth-order valence-electron chi connectivity index (χ4n) is 1.57. The fraction of sp³-hybridized carbons (Fsp3) is 0.333. The molecular formula is C15H20N2O6S. The number of aliphatic hydroxyl groups is 3. The smallest absolute Gasteiger partial charge is 0.264 e. The molecular weight excluding hydrogens is 336 g/mol. The minimum absolute atomic E-state index is 0.0756. The summed E-state index contributed by atoms with van der Waals surface area (Å²) < 4.78 is 25.9. The monoisotopic (exact) mass is 356 g/mol. The molecule has 0 aliphatic rings. The Morgan fingerprint density at radius 2 is 1.21 bits per heavy atom. The summed E-state index contributed by atoms with van der Waals surface area (Å²) in [7, 11) is -3.44. The summed E-state index contributed by atoms with van der Waals surface area (Å²) in [6.07, 6.45) is 0.975. The highest BCUT2D eigenvalue weighted by Crippen LogP contribution is 2.03. The van der Waals surface area contributed by atoms with E-state index in [-0.39, 0.29) is 26.4 Å². The van der Waals surface area contributed by atoms with Crippen molar-refractivity contribution in [2.45, 2.75) is 26.4 Å². The Morgan fingerprint density at radius 1 is 0.833 bits per heavy atom. The lowest BCUT2D eigenvalue weighted by Crippen LogP contribution is -2.04. The van der Waals surface area contributed by atoms with Crippen LogP contribution in [0.1, 0.15) is 22.8 Å². The first kappa shape index (κ1) is 20.1. The van der Waals surface area contributed by atoms with Gasteiger partial charge in [-0.05, 0) is 24.3 Å². The molecule has 0 spiro atoms. The lowest BCUT2D eigenvalue weighted by Gasteiger charge is -2.02. The third-order valence-electron chi connectivity index (χ3n) is 2.64. The summed E-state index contributed by atoms with van der Waals surface area (Å²) in [5, 5.41) is 26.0. The summed E-state index contributed by atoms with van der Waals surface area (Å²) in [6, 6.07) is 10.1. The number of aromatic nitrogens is 2. The molecule has 0 radical (unpaired) electrons. The molecule has 24 heavy (non-hydrogen) atoms. The maximum atomic E-state index is 10.7. The normalized spacial score (nSPS) is 10.8. The summed E-state index contributed by atoms with van der Waals surface area (Å²) in [6.45, 7) is -0.429. The maximum absolute atomic E-state index is 10.7. The fourth-order valence-corrected chi connectivity index (χ4v) is 1.91. The Kier molecular flexibility index (Phi) is 8.44. The topological polar surface area (TPSA) is 130 Å². The van der Waals surface area contributed by atoms with Gasteiger partial charge in [-0.2, -0.15) is 8.42 Å². The first-order valence-electron chi connectivity index (χ1n) is 6.94. The molecule has 132 valence electrons. The Labute approximate surface area is 140 Å². The highest BCUT2D eigenvalue weighted by Gasteiger charge is 2.03. The van der Waals surface area contributed by atoms with Gasteiger partial charge in [0.1, 0.15) is 6.61 Å². The SMILES string of the molecule is CS(=O)(=O)OCc1cccc(CO)n1.OCc1cccc(CO)n1. The molecule has 2 aromatic rings. The lowest BCUT2D eigenvalue weighted by atomic mass is 10.3. The zero-order valence-corrected chi connectivity index (χ0v) is 14.0. The molecule has 0 aliphatic carbocycles. The van der Waals surface area contributed by atoms with Gasteiger partial charge in [0.05, 0.1) is 48.9 Å². The average Bonchev–Trinajstić information content (AvgIpc) is 2.60. The highest BCUT2D eigenvalue weighted by molar-refractivity contribution is 7.85. The van der Waals surface area contributed by atoms with E-state index in [0.29, 0.717) is 22.8 Å². The number of pyridine rings is 2. The Bertz CT molecular complexity index is 717. The second-order valence-electron chi connectivity index (χ2n) is 4.68. The van der Waals surface area contributed by atoms with E-state index >= 15 is 0 Å². The molecule has 0 unspecified atom stereocenters. The van der Waals surface area contributed by atoms with Crippen molar-refractivity contribution in [3.8, 4) is 0 Å². The van der Waals surface area contributed by atoms with Gasteiger partial charge in [0.15, 0.2) is 0 Å². The molecule has 0 aliphatic heterocycles. The number of hydrogen-bond donors (Lipinski definition) is 3. The highest BCUT2D eigenvalue weighted by atomic mass is 32.2. The maximum Gasteiger partial charge on any atom is 0.264 e. The first-order chi connectivity index (χ1) is 11.4. The van der Waals surface area contributed by atoms with Crippen molar-refractivity contribution in [1.29, 1.82) is 0 Å². The van der Waals surface area contributed by atoms with E-state index in [1.807, 2.05) is 0 Å². The van der Waals surface area contributed by atoms with Gasteiger partial charge in [0.2, 0.25) is 0 Å². The van der Waals surface area contributed by atoms with Crippen molar-refractivity contribution in [1.82, 2.24) is 9.97 Å². The molecule has 9 heteroatoms. The van der Waals surface area contributed by atoms with Crippen molar-refractivity contribution in [3.63, 3.8) is 0 Å². The molecule has 2 heterocycles. The summed E-state index contributed by atoms with van der Waals surface area (Å²) in [5.41, 5.74) is 2.14. The summed E-state index contributed by atoms with van der Waals surface area (Å²) in [5.74, 6) is 0. The molecule has 3 N–H and O–H groups in total. The third kappa shape index (κ3) is 8.09. The number of nitrogens with zero attached hydrogens (tertiary/aromatic N) is 2. The van der Waals surface area contributed by atoms with Crippen molar-refractivity contribution in [3.05, 3.63) is 59.2 Å². The van der Waals surface area contributed by atoms with Crippen molar-refractivity contribution < 1.29 is 27.9 Å². The van der Waals surface area contributed by atoms with E-state index in [2.05, 4.69) is 14.2 Å². The van der Waals surface area contributed by atoms with E-state index in [4.69, 9.17) is 15.3 Å². The minimum Gasteiger partial charge on any atom is -0.390 e. The standard InChI is InChI=1S/C8H11NO4S.C7H9NO2/c1-14(11,12)13-6-8-4-2-3-7(5-10)9-8;9-4-6-2-1-3-7(5-10)8-6/h2-4,10H,5-6H2,1H3;1-3,9-10H,4-5H2. The largest absolute Gasteiger partial charge is 0.390 e. The van der Waals surface area contributed by atoms with Gasteiger partial charge >= 0.3 is 0 Å². The van der Waals surface area contributed by atoms with E-state index in [0.717, 1.165) is 6.26 Å². The molecule has 8 nitrogen and oxygen atoms in total. The van der Waals surface area contributed by atoms with Crippen LogP contribution in [0.2, 0.25) is 0 Å². The molecule has 0 aromatic carbocycles. The van der Waals surface area contributed by atoms with Crippen LogP contribution in [-0.4, -0.2) is 40.0 Å². The second-order valence-corrected chi connectivity index (χ2v) is 6.33. The van der Waals surface area contributed by atoms with Crippen LogP contribution in [-0.2, 0) is 40.7 Å². The van der Waals surface area contributed by atoms with E-state index in [1.165, 1.54) is 0 Å². The second kappa shape index (κ2) is 10.1. The summed E-state index contributed by atoms with van der Waals surface area (Å²) >= 11 is 0. The van der Waals surface area contributed by atoms with Crippen molar-refractivity contribution in [2.24, 2.45) is 0 Å². The quantitative estimate of drug-likeness (QED) is 0.622. The molecule has 0 saturated carbocycles. The zero-order chi connectivity index (χ0) is 18.0. The van der Waals surface area contributed by atoms with Crippen LogP contribution >= 0.6 is 0 Å². The van der Waals surface area contributed by atoms with Crippen LogP contribution in [0, 0.1) is 0 Å². The predicted molar refractivity (Wildman–Crippen MR) is 85.9 cm³/mol. The van der Waals surface area contributed by atoms with E-state index in [9.17, 15) is 8.42 Å². The lowest BCUT2D eigenvalue weighted by molar-refractivity contribution is 0.265. The molecule has 0 amide bonds. The molecule has 0 bridgehead atoms.